The summed E-state index contributed by atoms with van der Waals surface area (Å²) in [5.74, 6) is -0.182. The first-order valence-corrected chi connectivity index (χ1v) is 6.14. The highest BCUT2D eigenvalue weighted by atomic mass is 16.2. The largest absolute Gasteiger partial charge is 0.345 e. The molecule has 1 saturated heterocycles. The van der Waals surface area contributed by atoms with E-state index in [1.54, 1.807) is 22.7 Å². The molecule has 1 aromatic rings. The number of nitrogens with one attached hydrogen (secondary N) is 1. The predicted molar refractivity (Wildman–Crippen MR) is 67.2 cm³/mol. The molecule has 2 amide bonds. The minimum atomic E-state index is -0.484. The van der Waals surface area contributed by atoms with E-state index in [-0.39, 0.29) is 17.9 Å². The summed E-state index contributed by atoms with van der Waals surface area (Å²) < 4.78 is 1.80. The summed E-state index contributed by atoms with van der Waals surface area (Å²) in [5.41, 5.74) is 0.747. The van der Waals surface area contributed by atoms with Crippen molar-refractivity contribution in [3.8, 4) is 0 Å². The highest BCUT2D eigenvalue weighted by Gasteiger charge is 2.28. The molecule has 6 nitrogen and oxygen atoms in total. The third-order valence-electron chi connectivity index (χ3n) is 3.01. The first-order valence-electron chi connectivity index (χ1n) is 6.14. The molecule has 1 aromatic heterocycles. The molecule has 1 aliphatic heterocycles. The second-order valence-electron chi connectivity index (χ2n) is 4.80. The average Bonchev–Trinajstić information content (AvgIpc) is 2.74. The zero-order valence-electron chi connectivity index (χ0n) is 10.9. The van der Waals surface area contributed by atoms with Gasteiger partial charge < -0.3 is 10.2 Å². The molecular weight excluding hydrogens is 232 g/mol. The maximum Gasteiger partial charge on any atom is 0.249 e. The van der Waals surface area contributed by atoms with Crippen LogP contribution in [0.5, 0.6) is 0 Å². The Labute approximate surface area is 106 Å². The lowest BCUT2D eigenvalue weighted by Gasteiger charge is -2.20. The van der Waals surface area contributed by atoms with E-state index in [4.69, 9.17) is 0 Å². The Morgan fingerprint density at radius 3 is 2.78 bits per heavy atom. The van der Waals surface area contributed by atoms with Crippen molar-refractivity contribution < 1.29 is 9.59 Å². The number of carbonyl (C=O) groups excluding carboxylic acids is 2. The Kier molecular flexibility index (Phi) is 3.36. The monoisotopic (exact) mass is 250 g/mol. The van der Waals surface area contributed by atoms with Crippen molar-refractivity contribution in [2.45, 2.75) is 39.3 Å². The van der Waals surface area contributed by atoms with E-state index in [2.05, 4.69) is 10.4 Å². The third-order valence-corrected chi connectivity index (χ3v) is 3.01. The number of amides is 2. The Morgan fingerprint density at radius 1 is 1.44 bits per heavy atom. The van der Waals surface area contributed by atoms with Crippen molar-refractivity contribution in [3.63, 3.8) is 0 Å². The smallest absolute Gasteiger partial charge is 0.249 e. The summed E-state index contributed by atoms with van der Waals surface area (Å²) in [4.78, 5) is 25.2. The number of rotatable bonds is 2. The molecule has 0 aliphatic carbocycles. The molecule has 0 radical (unpaired) electrons. The van der Waals surface area contributed by atoms with E-state index in [0.29, 0.717) is 13.0 Å². The minimum absolute atomic E-state index is 0.0883. The summed E-state index contributed by atoms with van der Waals surface area (Å²) in [5, 5.41) is 6.88. The second kappa shape index (κ2) is 4.80. The molecule has 1 atom stereocenters. The quantitative estimate of drug-likeness (QED) is 0.840. The fourth-order valence-corrected chi connectivity index (χ4v) is 1.94. The summed E-state index contributed by atoms with van der Waals surface area (Å²) in [6, 6.07) is -0.236. The lowest BCUT2D eigenvalue weighted by molar-refractivity contribution is -0.125. The van der Waals surface area contributed by atoms with Crippen LogP contribution in [0.4, 0.5) is 5.69 Å². The molecule has 2 heterocycles. The summed E-state index contributed by atoms with van der Waals surface area (Å²) in [6.07, 6.45) is 3.83. The van der Waals surface area contributed by atoms with E-state index in [1.165, 1.54) is 0 Å². The molecule has 1 unspecified atom stereocenters. The van der Waals surface area contributed by atoms with Crippen LogP contribution in [0.3, 0.4) is 0 Å². The number of hydrogen-bond acceptors (Lipinski definition) is 3. The molecule has 0 saturated carbocycles. The van der Waals surface area contributed by atoms with Crippen molar-refractivity contribution in [2.75, 3.05) is 11.4 Å². The molecule has 18 heavy (non-hydrogen) atoms. The van der Waals surface area contributed by atoms with Crippen LogP contribution in [0.15, 0.2) is 12.4 Å². The van der Waals surface area contributed by atoms with Crippen LogP contribution in [0.1, 0.15) is 33.2 Å². The maximum absolute atomic E-state index is 12.1. The van der Waals surface area contributed by atoms with Gasteiger partial charge in [0, 0.05) is 25.2 Å². The van der Waals surface area contributed by atoms with Gasteiger partial charge in [-0.05, 0) is 20.8 Å². The number of aromatic nitrogens is 2. The second-order valence-corrected chi connectivity index (χ2v) is 4.80. The number of nitrogens with zero attached hydrogens (tertiary/aromatic N) is 3. The van der Waals surface area contributed by atoms with Crippen LogP contribution < -0.4 is 10.2 Å². The van der Waals surface area contributed by atoms with Gasteiger partial charge in [-0.3, -0.25) is 14.3 Å². The lowest BCUT2D eigenvalue weighted by atomic mass is 10.3. The average molecular weight is 250 g/mol. The van der Waals surface area contributed by atoms with Gasteiger partial charge in [0.25, 0.3) is 0 Å². The van der Waals surface area contributed by atoms with Crippen LogP contribution >= 0.6 is 0 Å². The van der Waals surface area contributed by atoms with Gasteiger partial charge in [0.2, 0.25) is 11.8 Å². The predicted octanol–water partition coefficient (Wildman–Crippen LogP) is 0.705. The maximum atomic E-state index is 12.1. The summed E-state index contributed by atoms with van der Waals surface area (Å²) in [6.45, 7) is 6.15. The molecule has 98 valence electrons. The molecule has 1 fully saturated rings. The van der Waals surface area contributed by atoms with Crippen LogP contribution in [0.2, 0.25) is 0 Å². The van der Waals surface area contributed by atoms with Crippen LogP contribution in [-0.2, 0) is 9.59 Å². The fraction of sp³-hybridized carbons (Fsp3) is 0.583. The normalized spacial score (nSPS) is 21.1. The highest BCUT2D eigenvalue weighted by Crippen LogP contribution is 2.18. The fourth-order valence-electron chi connectivity index (χ4n) is 1.94. The van der Waals surface area contributed by atoms with E-state index in [1.807, 2.05) is 20.0 Å². The van der Waals surface area contributed by atoms with Crippen LogP contribution in [0, 0.1) is 0 Å². The molecule has 1 N–H and O–H groups in total. The highest BCUT2D eigenvalue weighted by molar-refractivity contribution is 6.00. The van der Waals surface area contributed by atoms with Gasteiger partial charge in [-0.2, -0.15) is 5.10 Å². The Hall–Kier alpha value is -1.85. The van der Waals surface area contributed by atoms with Crippen molar-refractivity contribution in [1.29, 1.82) is 0 Å². The zero-order chi connectivity index (χ0) is 13.3. The van der Waals surface area contributed by atoms with E-state index < -0.39 is 6.04 Å². The van der Waals surface area contributed by atoms with E-state index in [0.717, 1.165) is 5.69 Å². The molecular formula is C12H18N4O2. The van der Waals surface area contributed by atoms with E-state index in [9.17, 15) is 9.59 Å². The zero-order valence-corrected chi connectivity index (χ0v) is 10.9. The summed E-state index contributed by atoms with van der Waals surface area (Å²) >= 11 is 0. The Balaban J connectivity index is 2.24. The van der Waals surface area contributed by atoms with Crippen molar-refractivity contribution in [3.05, 3.63) is 12.4 Å². The minimum Gasteiger partial charge on any atom is -0.345 e. The third kappa shape index (κ3) is 2.37. The van der Waals surface area contributed by atoms with Gasteiger partial charge in [-0.25, -0.2) is 0 Å². The van der Waals surface area contributed by atoms with Crippen molar-refractivity contribution in [1.82, 2.24) is 15.1 Å². The van der Waals surface area contributed by atoms with Gasteiger partial charge >= 0.3 is 0 Å². The number of hydrogen-bond donors (Lipinski definition) is 1. The van der Waals surface area contributed by atoms with E-state index >= 15 is 0 Å². The van der Waals surface area contributed by atoms with Crippen LogP contribution in [-0.4, -0.2) is 34.2 Å². The van der Waals surface area contributed by atoms with Gasteiger partial charge in [-0.15, -0.1) is 0 Å². The lowest BCUT2D eigenvalue weighted by Crippen LogP contribution is -2.42. The van der Waals surface area contributed by atoms with Gasteiger partial charge in [-0.1, -0.05) is 0 Å². The van der Waals surface area contributed by atoms with Crippen molar-refractivity contribution in [2.24, 2.45) is 0 Å². The van der Waals surface area contributed by atoms with Gasteiger partial charge in [0.1, 0.15) is 6.04 Å². The standard InChI is InChI=1S/C12H18N4O2/c1-8(2)16-7-10(6-13-16)15-5-4-11(17)14-9(3)12(15)18/h6-9H,4-5H2,1-3H3,(H,14,17). The topological polar surface area (TPSA) is 67.2 Å². The number of carbonyl (C=O) groups is 2. The van der Waals surface area contributed by atoms with Crippen molar-refractivity contribution >= 4 is 17.5 Å². The SMILES string of the molecule is CC1NC(=O)CCN(c2cnn(C(C)C)c2)C1=O. The first-order chi connectivity index (χ1) is 8.49. The summed E-state index contributed by atoms with van der Waals surface area (Å²) in [7, 11) is 0. The Morgan fingerprint density at radius 2 is 2.17 bits per heavy atom. The molecule has 2 rings (SSSR count). The molecule has 0 bridgehead atoms. The molecule has 6 heteroatoms. The number of anilines is 1. The molecule has 0 spiro atoms. The van der Waals surface area contributed by atoms with Gasteiger partial charge in [0.05, 0.1) is 11.9 Å². The molecule has 0 aromatic carbocycles. The Bertz CT molecular complexity index is 466. The molecule has 1 aliphatic rings. The van der Waals surface area contributed by atoms with Gasteiger partial charge in [0.15, 0.2) is 0 Å². The first kappa shape index (κ1) is 12.6. The van der Waals surface area contributed by atoms with Crippen LogP contribution in [0.25, 0.3) is 0 Å².